The molecule has 24 heavy (non-hydrogen) atoms. The van der Waals surface area contributed by atoms with E-state index in [0.29, 0.717) is 21.5 Å². The maximum absolute atomic E-state index is 12.7. The van der Waals surface area contributed by atoms with Crippen molar-refractivity contribution in [3.63, 3.8) is 0 Å². The molecular formula is C19H23ClN2OS. The van der Waals surface area contributed by atoms with Crippen molar-refractivity contribution in [3.8, 4) is 0 Å². The normalized spacial score (nSPS) is 17.4. The second kappa shape index (κ2) is 6.41. The molecule has 1 amide bonds. The molecule has 1 aromatic carbocycles. The Morgan fingerprint density at radius 3 is 2.58 bits per heavy atom. The number of carbonyl (C=O) groups excluding carboxylic acids is 1. The van der Waals surface area contributed by atoms with Crippen molar-refractivity contribution in [1.82, 2.24) is 0 Å². The molecule has 0 fully saturated rings. The van der Waals surface area contributed by atoms with E-state index in [1.807, 2.05) is 0 Å². The van der Waals surface area contributed by atoms with Gasteiger partial charge >= 0.3 is 0 Å². The molecular weight excluding hydrogens is 340 g/mol. The van der Waals surface area contributed by atoms with Crippen LogP contribution in [0.3, 0.4) is 0 Å². The minimum Gasteiger partial charge on any atom is -0.390 e. The van der Waals surface area contributed by atoms with Gasteiger partial charge in [0.05, 0.1) is 10.6 Å². The van der Waals surface area contributed by atoms with Gasteiger partial charge in [-0.2, -0.15) is 0 Å². The number of carbonyl (C=O) groups is 1. The van der Waals surface area contributed by atoms with Crippen LogP contribution in [0.1, 0.15) is 48.0 Å². The Hall–Kier alpha value is -1.52. The van der Waals surface area contributed by atoms with Crippen LogP contribution >= 0.6 is 22.9 Å². The number of nitrogens with two attached hydrogens (primary N) is 1. The Balaban J connectivity index is 1.84. The molecule has 3 N–H and O–H groups in total. The molecule has 3 rings (SSSR count). The molecule has 0 unspecified atom stereocenters. The van der Waals surface area contributed by atoms with E-state index in [-0.39, 0.29) is 11.3 Å². The number of amides is 1. The Morgan fingerprint density at radius 1 is 1.29 bits per heavy atom. The lowest BCUT2D eigenvalue weighted by Crippen LogP contribution is -2.27. The van der Waals surface area contributed by atoms with E-state index in [2.05, 4.69) is 26.1 Å². The quantitative estimate of drug-likeness (QED) is 0.752. The van der Waals surface area contributed by atoms with Crippen LogP contribution < -0.4 is 11.1 Å². The zero-order valence-electron chi connectivity index (χ0n) is 14.3. The fraction of sp³-hybridized carbons (Fsp3) is 0.421. The molecule has 1 atom stereocenters. The largest absolute Gasteiger partial charge is 0.390 e. The topological polar surface area (TPSA) is 55.1 Å². The second-order valence-corrected chi connectivity index (χ2v) is 9.08. The summed E-state index contributed by atoms with van der Waals surface area (Å²) in [5.41, 5.74) is 9.01. The predicted octanol–water partition coefficient (Wildman–Crippen LogP) is 5.39. The van der Waals surface area contributed by atoms with E-state index in [0.717, 1.165) is 30.5 Å². The van der Waals surface area contributed by atoms with Gasteiger partial charge in [-0.05, 0) is 60.4 Å². The van der Waals surface area contributed by atoms with Gasteiger partial charge in [-0.3, -0.25) is 4.79 Å². The van der Waals surface area contributed by atoms with Gasteiger partial charge in [0.2, 0.25) is 0 Å². The molecule has 1 aliphatic rings. The molecule has 0 aliphatic heterocycles. The van der Waals surface area contributed by atoms with Crippen molar-refractivity contribution in [2.75, 3.05) is 11.1 Å². The summed E-state index contributed by atoms with van der Waals surface area (Å²) in [6.07, 6.45) is 3.05. The highest BCUT2D eigenvalue weighted by atomic mass is 35.5. The Kier molecular flexibility index (Phi) is 4.63. The van der Waals surface area contributed by atoms with Crippen molar-refractivity contribution in [3.05, 3.63) is 45.3 Å². The van der Waals surface area contributed by atoms with Crippen molar-refractivity contribution in [1.29, 1.82) is 0 Å². The zero-order valence-corrected chi connectivity index (χ0v) is 15.9. The molecule has 0 bridgehead atoms. The zero-order chi connectivity index (χ0) is 17.5. The Bertz CT molecular complexity index is 759. The molecule has 5 heteroatoms. The van der Waals surface area contributed by atoms with Gasteiger partial charge in [0.15, 0.2) is 0 Å². The van der Waals surface area contributed by atoms with Crippen molar-refractivity contribution in [2.45, 2.75) is 40.0 Å². The third-order valence-electron chi connectivity index (χ3n) is 4.85. The summed E-state index contributed by atoms with van der Waals surface area (Å²) in [4.78, 5) is 14.0. The Morgan fingerprint density at radius 2 is 1.96 bits per heavy atom. The third kappa shape index (κ3) is 3.45. The van der Waals surface area contributed by atoms with Gasteiger partial charge in [-0.15, -0.1) is 11.3 Å². The molecule has 0 saturated heterocycles. The van der Waals surface area contributed by atoms with Crippen LogP contribution in [-0.2, 0) is 12.8 Å². The number of fused-ring (bicyclic) bond motifs is 1. The summed E-state index contributed by atoms with van der Waals surface area (Å²) < 4.78 is 0. The van der Waals surface area contributed by atoms with E-state index in [1.165, 1.54) is 4.88 Å². The summed E-state index contributed by atoms with van der Waals surface area (Å²) in [5.74, 6) is 0.511. The van der Waals surface area contributed by atoms with E-state index >= 15 is 0 Å². The average molecular weight is 363 g/mol. The first-order valence-electron chi connectivity index (χ1n) is 8.22. The van der Waals surface area contributed by atoms with E-state index < -0.39 is 0 Å². The van der Waals surface area contributed by atoms with Gasteiger partial charge < -0.3 is 11.1 Å². The van der Waals surface area contributed by atoms with Crippen molar-refractivity contribution < 1.29 is 4.79 Å². The van der Waals surface area contributed by atoms with E-state index in [1.54, 1.807) is 35.6 Å². The monoisotopic (exact) mass is 362 g/mol. The van der Waals surface area contributed by atoms with Crippen LogP contribution in [0, 0.1) is 11.3 Å². The molecule has 3 nitrogen and oxygen atoms in total. The number of benzene rings is 1. The molecule has 1 heterocycles. The minimum absolute atomic E-state index is 0.124. The highest BCUT2D eigenvalue weighted by molar-refractivity contribution is 7.16. The highest BCUT2D eigenvalue weighted by Crippen LogP contribution is 2.43. The van der Waals surface area contributed by atoms with Crippen LogP contribution in [0.25, 0.3) is 0 Å². The lowest BCUT2D eigenvalue weighted by atomic mass is 9.72. The number of thiophene rings is 1. The SMILES string of the molecule is CC(C)(C)[C@H]1CCc2c(sc(N)c2C(=O)Nc2ccc(Cl)cc2)C1. The molecule has 0 radical (unpaired) electrons. The number of anilines is 2. The molecule has 128 valence electrons. The molecule has 0 saturated carbocycles. The van der Waals surface area contributed by atoms with Crippen LogP contribution in [0.2, 0.25) is 5.02 Å². The van der Waals surface area contributed by atoms with Gasteiger partial charge in [-0.25, -0.2) is 0 Å². The average Bonchev–Trinajstić information content (AvgIpc) is 2.83. The van der Waals surface area contributed by atoms with Gasteiger partial charge in [0, 0.05) is 15.6 Å². The summed E-state index contributed by atoms with van der Waals surface area (Å²) >= 11 is 7.46. The number of rotatable bonds is 2. The molecule has 0 spiro atoms. The highest BCUT2D eigenvalue weighted by Gasteiger charge is 2.33. The Labute approximate surface area is 152 Å². The van der Waals surface area contributed by atoms with Gasteiger partial charge in [0.1, 0.15) is 0 Å². The first kappa shape index (κ1) is 17.3. The molecule has 1 aromatic heterocycles. The van der Waals surface area contributed by atoms with E-state index in [4.69, 9.17) is 17.3 Å². The number of hydrogen-bond donors (Lipinski definition) is 2. The third-order valence-corrected chi connectivity index (χ3v) is 6.18. The van der Waals surface area contributed by atoms with E-state index in [9.17, 15) is 4.79 Å². The summed E-state index contributed by atoms with van der Waals surface area (Å²) in [6.45, 7) is 6.86. The fourth-order valence-electron chi connectivity index (χ4n) is 3.32. The molecule has 2 aromatic rings. The number of hydrogen-bond acceptors (Lipinski definition) is 3. The fourth-order valence-corrected chi connectivity index (χ4v) is 4.64. The van der Waals surface area contributed by atoms with Crippen LogP contribution in [0.5, 0.6) is 0 Å². The van der Waals surface area contributed by atoms with Crippen LogP contribution in [-0.4, -0.2) is 5.91 Å². The predicted molar refractivity (Wildman–Crippen MR) is 103 cm³/mol. The number of nitrogen functional groups attached to an aromatic ring is 1. The van der Waals surface area contributed by atoms with Crippen molar-refractivity contribution >= 4 is 39.5 Å². The van der Waals surface area contributed by atoms with Gasteiger partial charge in [0.25, 0.3) is 5.91 Å². The summed E-state index contributed by atoms with van der Waals surface area (Å²) in [5, 5.41) is 4.21. The smallest absolute Gasteiger partial charge is 0.258 e. The lowest BCUT2D eigenvalue weighted by Gasteiger charge is -2.33. The standard InChI is InChI=1S/C19H23ClN2OS/c1-19(2,3)11-4-9-14-15(10-11)24-17(21)16(14)18(23)22-13-7-5-12(20)6-8-13/h5-8,11H,4,9-10,21H2,1-3H3,(H,22,23)/t11-/m0/s1. The van der Waals surface area contributed by atoms with Crippen LogP contribution in [0.15, 0.2) is 24.3 Å². The minimum atomic E-state index is -0.124. The lowest BCUT2D eigenvalue weighted by molar-refractivity contribution is 0.102. The second-order valence-electron chi connectivity index (χ2n) is 7.51. The maximum atomic E-state index is 12.7. The maximum Gasteiger partial charge on any atom is 0.258 e. The number of nitrogens with one attached hydrogen (secondary N) is 1. The first-order chi connectivity index (χ1) is 11.3. The van der Waals surface area contributed by atoms with Gasteiger partial charge in [-0.1, -0.05) is 32.4 Å². The first-order valence-corrected chi connectivity index (χ1v) is 9.42. The summed E-state index contributed by atoms with van der Waals surface area (Å²) in [6, 6.07) is 7.12. The molecule has 1 aliphatic carbocycles. The number of halogens is 1. The summed E-state index contributed by atoms with van der Waals surface area (Å²) in [7, 11) is 0. The van der Waals surface area contributed by atoms with Crippen molar-refractivity contribution in [2.24, 2.45) is 11.3 Å². The van der Waals surface area contributed by atoms with Crippen LogP contribution in [0.4, 0.5) is 10.7 Å².